The first-order valence-electron chi connectivity index (χ1n) is 4.70. The van der Waals surface area contributed by atoms with E-state index in [2.05, 4.69) is 32.9 Å². The third-order valence-electron chi connectivity index (χ3n) is 2.04. The molecule has 0 saturated heterocycles. The lowest BCUT2D eigenvalue weighted by molar-refractivity contribution is 0.581. The molecule has 3 nitrogen and oxygen atoms in total. The van der Waals surface area contributed by atoms with Gasteiger partial charge in [0.2, 0.25) is 0 Å². The third kappa shape index (κ3) is 2.82. The van der Waals surface area contributed by atoms with E-state index in [1.165, 1.54) is 0 Å². The van der Waals surface area contributed by atoms with Gasteiger partial charge < -0.3 is 11.1 Å². The van der Waals surface area contributed by atoms with E-state index >= 15 is 0 Å². The zero-order valence-electron chi connectivity index (χ0n) is 8.55. The molecule has 0 spiro atoms. The fraction of sp³-hybridized carbons (Fsp3) is 0. The van der Waals surface area contributed by atoms with Gasteiger partial charge >= 0.3 is 0 Å². The molecule has 0 aliphatic heterocycles. The van der Waals surface area contributed by atoms with Crippen molar-refractivity contribution in [3.05, 3.63) is 45.5 Å². The predicted octanol–water partition coefficient (Wildman–Crippen LogP) is 3.29. The molecule has 0 unspecified atom stereocenters. The van der Waals surface area contributed by atoms with E-state index < -0.39 is 11.6 Å². The van der Waals surface area contributed by atoms with E-state index in [0.717, 1.165) is 3.57 Å². The number of halogens is 3. The molecule has 6 heteroatoms. The number of nitrogens with zero attached hydrogens (tertiary/aromatic N) is 1. The predicted molar refractivity (Wildman–Crippen MR) is 71.0 cm³/mol. The van der Waals surface area contributed by atoms with Crippen LogP contribution in [0.25, 0.3) is 0 Å². The number of hydrogen-bond donors (Lipinski definition) is 2. The van der Waals surface area contributed by atoms with Crippen LogP contribution in [0.3, 0.4) is 0 Å². The number of benzene rings is 1. The van der Waals surface area contributed by atoms with Crippen LogP contribution in [0.4, 0.5) is 26.1 Å². The van der Waals surface area contributed by atoms with Crippen LogP contribution in [0.5, 0.6) is 0 Å². The van der Waals surface area contributed by atoms with Gasteiger partial charge in [-0.3, -0.25) is 0 Å². The van der Waals surface area contributed by atoms with Crippen molar-refractivity contribution >= 4 is 39.9 Å². The van der Waals surface area contributed by atoms with Gasteiger partial charge in [-0.05, 0) is 40.8 Å². The summed E-state index contributed by atoms with van der Waals surface area (Å²) in [7, 11) is 0. The molecule has 2 rings (SSSR count). The molecule has 17 heavy (non-hydrogen) atoms. The van der Waals surface area contributed by atoms with Crippen LogP contribution in [0, 0.1) is 15.2 Å². The fourth-order valence-corrected chi connectivity index (χ4v) is 1.81. The molecule has 1 aromatic carbocycles. The SMILES string of the molecule is Nc1nc(Nc2cccc(I)c2)c(F)cc1F. The van der Waals surface area contributed by atoms with Crippen LogP contribution in [0.15, 0.2) is 30.3 Å². The largest absolute Gasteiger partial charge is 0.381 e. The van der Waals surface area contributed by atoms with E-state index in [1.54, 1.807) is 12.1 Å². The molecule has 0 atom stereocenters. The summed E-state index contributed by atoms with van der Waals surface area (Å²) >= 11 is 2.13. The molecule has 0 amide bonds. The summed E-state index contributed by atoms with van der Waals surface area (Å²) < 4.78 is 27.3. The zero-order valence-corrected chi connectivity index (χ0v) is 10.7. The zero-order chi connectivity index (χ0) is 12.4. The number of nitrogens with one attached hydrogen (secondary N) is 1. The van der Waals surface area contributed by atoms with Crippen LogP contribution < -0.4 is 11.1 Å². The Morgan fingerprint density at radius 3 is 2.65 bits per heavy atom. The molecule has 0 fully saturated rings. The Morgan fingerprint density at radius 2 is 1.94 bits per heavy atom. The molecule has 1 heterocycles. The standard InChI is InChI=1S/C11H8F2IN3/c12-8-5-9(13)11(17-10(8)15)16-7-3-1-2-6(14)4-7/h1-5H,(H3,15,16,17). The maximum Gasteiger partial charge on any atom is 0.169 e. The molecule has 0 aliphatic rings. The van der Waals surface area contributed by atoms with Crippen LogP contribution in [-0.4, -0.2) is 4.98 Å². The average Bonchev–Trinajstić information content (AvgIpc) is 2.26. The fourth-order valence-electron chi connectivity index (χ4n) is 1.27. The Labute approximate surface area is 110 Å². The average molecular weight is 347 g/mol. The van der Waals surface area contributed by atoms with E-state index in [0.29, 0.717) is 11.8 Å². The second-order valence-electron chi connectivity index (χ2n) is 3.32. The number of anilines is 3. The van der Waals surface area contributed by atoms with Crippen molar-refractivity contribution in [2.45, 2.75) is 0 Å². The summed E-state index contributed by atoms with van der Waals surface area (Å²) in [6, 6.07) is 7.98. The first kappa shape index (κ1) is 12.0. The van der Waals surface area contributed by atoms with Crippen molar-refractivity contribution in [2.75, 3.05) is 11.1 Å². The maximum atomic E-state index is 13.4. The van der Waals surface area contributed by atoms with Gasteiger partial charge in [0.15, 0.2) is 23.3 Å². The van der Waals surface area contributed by atoms with Gasteiger partial charge in [-0.15, -0.1) is 0 Å². The minimum atomic E-state index is -0.865. The van der Waals surface area contributed by atoms with Crippen molar-refractivity contribution in [3.8, 4) is 0 Å². The Kier molecular flexibility index (Phi) is 3.41. The van der Waals surface area contributed by atoms with Gasteiger partial charge in [-0.2, -0.15) is 0 Å². The molecule has 0 aliphatic carbocycles. The Morgan fingerprint density at radius 1 is 1.18 bits per heavy atom. The highest BCUT2D eigenvalue weighted by atomic mass is 127. The van der Waals surface area contributed by atoms with Crippen molar-refractivity contribution in [1.29, 1.82) is 0 Å². The summed E-state index contributed by atoms with van der Waals surface area (Å²) in [5, 5.41) is 2.74. The molecule has 0 radical (unpaired) electrons. The summed E-state index contributed by atoms with van der Waals surface area (Å²) in [6.07, 6.45) is 0. The Balaban J connectivity index is 2.33. The third-order valence-corrected chi connectivity index (χ3v) is 2.71. The first-order valence-corrected chi connectivity index (χ1v) is 5.78. The van der Waals surface area contributed by atoms with Gasteiger partial charge in [0, 0.05) is 15.3 Å². The van der Waals surface area contributed by atoms with Gasteiger partial charge in [0.25, 0.3) is 0 Å². The minimum Gasteiger partial charge on any atom is -0.381 e. The highest BCUT2D eigenvalue weighted by Gasteiger charge is 2.09. The lowest BCUT2D eigenvalue weighted by atomic mass is 10.3. The topological polar surface area (TPSA) is 50.9 Å². The van der Waals surface area contributed by atoms with E-state index in [-0.39, 0.29) is 11.6 Å². The molecule has 3 N–H and O–H groups in total. The highest BCUT2D eigenvalue weighted by molar-refractivity contribution is 14.1. The maximum absolute atomic E-state index is 13.4. The minimum absolute atomic E-state index is 0.0918. The van der Waals surface area contributed by atoms with Crippen molar-refractivity contribution in [3.63, 3.8) is 0 Å². The highest BCUT2D eigenvalue weighted by Crippen LogP contribution is 2.22. The number of nitrogens with two attached hydrogens (primary N) is 1. The van der Waals surface area contributed by atoms with Crippen molar-refractivity contribution < 1.29 is 8.78 Å². The van der Waals surface area contributed by atoms with E-state index in [4.69, 9.17) is 5.73 Å². The molecule has 2 aromatic rings. The monoisotopic (exact) mass is 347 g/mol. The molecular weight excluding hydrogens is 339 g/mol. The van der Waals surface area contributed by atoms with E-state index in [1.807, 2.05) is 12.1 Å². The lowest BCUT2D eigenvalue weighted by Crippen LogP contribution is -2.03. The Bertz CT molecular complexity index is 560. The van der Waals surface area contributed by atoms with Crippen LogP contribution in [0.1, 0.15) is 0 Å². The molecule has 0 saturated carbocycles. The van der Waals surface area contributed by atoms with Gasteiger partial charge in [0.05, 0.1) is 0 Å². The summed E-state index contributed by atoms with van der Waals surface area (Å²) in [5.41, 5.74) is 5.94. The number of nitrogen functional groups attached to an aromatic ring is 1. The molecule has 1 aromatic heterocycles. The van der Waals surface area contributed by atoms with Gasteiger partial charge in [-0.1, -0.05) is 6.07 Å². The van der Waals surface area contributed by atoms with Crippen LogP contribution in [0.2, 0.25) is 0 Å². The molecular formula is C11H8F2IN3. The van der Waals surface area contributed by atoms with Crippen molar-refractivity contribution in [1.82, 2.24) is 4.98 Å². The number of pyridine rings is 1. The summed E-state index contributed by atoms with van der Waals surface area (Å²) in [6.45, 7) is 0. The normalized spacial score (nSPS) is 10.3. The quantitative estimate of drug-likeness (QED) is 0.820. The summed E-state index contributed by atoms with van der Waals surface area (Å²) in [4.78, 5) is 3.61. The number of hydrogen-bond acceptors (Lipinski definition) is 3. The second kappa shape index (κ2) is 4.82. The first-order chi connectivity index (χ1) is 8.06. The number of rotatable bonds is 2. The lowest BCUT2D eigenvalue weighted by Gasteiger charge is -2.08. The smallest absolute Gasteiger partial charge is 0.169 e. The van der Waals surface area contributed by atoms with Crippen LogP contribution >= 0.6 is 22.6 Å². The van der Waals surface area contributed by atoms with Gasteiger partial charge in [0.1, 0.15) is 0 Å². The van der Waals surface area contributed by atoms with E-state index in [9.17, 15) is 8.78 Å². The summed E-state index contributed by atoms with van der Waals surface area (Å²) in [5.74, 6) is -2.07. The van der Waals surface area contributed by atoms with Crippen molar-refractivity contribution in [2.24, 2.45) is 0 Å². The second-order valence-corrected chi connectivity index (χ2v) is 4.57. The molecule has 0 bridgehead atoms. The van der Waals surface area contributed by atoms with Gasteiger partial charge in [-0.25, -0.2) is 13.8 Å². The molecule has 88 valence electrons. The number of aromatic nitrogens is 1. The van der Waals surface area contributed by atoms with Crippen LogP contribution in [-0.2, 0) is 0 Å². The Hall–Kier alpha value is -1.44.